The van der Waals surface area contributed by atoms with E-state index in [9.17, 15) is 30.0 Å². The van der Waals surface area contributed by atoms with Gasteiger partial charge in [0.1, 0.15) is 6.10 Å². The Hall–Kier alpha value is -0.520. The first-order chi connectivity index (χ1) is 16.6. The molecule has 0 saturated carbocycles. The second kappa shape index (κ2) is 17.1. The maximum absolute atomic E-state index is 12.1. The van der Waals surface area contributed by atoms with Crippen molar-refractivity contribution in [2.24, 2.45) is 11.8 Å². The molecule has 3 N–H and O–H groups in total. The molecular formula is C26H43NaO9. The quantitative estimate of drug-likeness (QED) is 0.0988. The first-order valence-corrected chi connectivity index (χ1v) is 12.9. The van der Waals surface area contributed by atoms with Crippen molar-refractivity contribution in [2.45, 2.75) is 115 Å². The fraction of sp³-hybridized carbons (Fsp3) is 0.846. The number of carbonyl (C=O) groups is 2. The van der Waals surface area contributed by atoms with E-state index in [1.54, 1.807) is 20.8 Å². The van der Waals surface area contributed by atoms with Crippen LogP contribution in [0.15, 0.2) is 11.6 Å². The van der Waals surface area contributed by atoms with Gasteiger partial charge in [-0.1, -0.05) is 38.2 Å². The Kier molecular flexibility index (Phi) is 16.0. The molecule has 2 heterocycles. The topological polar surface area (TPSA) is 146 Å². The molecule has 9 nitrogen and oxygen atoms in total. The van der Waals surface area contributed by atoms with Crippen molar-refractivity contribution < 1.29 is 73.8 Å². The van der Waals surface area contributed by atoms with Gasteiger partial charge in [0.2, 0.25) is 0 Å². The third-order valence-electron chi connectivity index (χ3n) is 7.16. The zero-order chi connectivity index (χ0) is 26.0. The molecule has 0 radical (unpaired) electrons. The van der Waals surface area contributed by atoms with E-state index < -0.39 is 48.6 Å². The van der Waals surface area contributed by atoms with Crippen molar-refractivity contribution in [1.29, 1.82) is 0 Å². The summed E-state index contributed by atoms with van der Waals surface area (Å²) >= 11 is 0. The van der Waals surface area contributed by atoms with E-state index in [1.165, 1.54) is 6.08 Å². The molecule has 8 atom stereocenters. The van der Waals surface area contributed by atoms with Gasteiger partial charge in [0.25, 0.3) is 0 Å². The summed E-state index contributed by atoms with van der Waals surface area (Å²) in [6.07, 6.45) is 3.77. The molecule has 0 spiro atoms. The smallest absolute Gasteiger partial charge is 0.550 e. The number of esters is 1. The first kappa shape index (κ1) is 33.5. The van der Waals surface area contributed by atoms with E-state index in [-0.39, 0.29) is 47.8 Å². The number of hydrogen-bond donors (Lipinski definition) is 3. The van der Waals surface area contributed by atoms with Crippen LogP contribution in [0.3, 0.4) is 0 Å². The fourth-order valence-corrected chi connectivity index (χ4v) is 4.77. The molecule has 2 fully saturated rings. The molecule has 0 bridgehead atoms. The van der Waals surface area contributed by atoms with Gasteiger partial charge in [-0.2, -0.15) is 0 Å². The predicted octanol–water partition coefficient (Wildman–Crippen LogP) is -1.74. The zero-order valence-electron chi connectivity index (χ0n) is 22.3. The Labute approximate surface area is 236 Å². The van der Waals surface area contributed by atoms with E-state index in [1.807, 2.05) is 0 Å². The molecule has 2 aliphatic rings. The number of aliphatic carboxylic acids is 1. The minimum atomic E-state index is -1.01. The molecule has 2 rings (SSSR count). The normalized spacial score (nSPS) is 28.5. The van der Waals surface area contributed by atoms with Crippen LogP contribution in [0.1, 0.15) is 78.6 Å². The third-order valence-corrected chi connectivity index (χ3v) is 7.16. The Morgan fingerprint density at radius 1 is 1.11 bits per heavy atom. The molecule has 0 aromatic heterocycles. The molecule has 0 unspecified atom stereocenters. The summed E-state index contributed by atoms with van der Waals surface area (Å²) in [6.45, 7) is 5.94. The van der Waals surface area contributed by atoms with Gasteiger partial charge >= 0.3 is 35.5 Å². The summed E-state index contributed by atoms with van der Waals surface area (Å²) in [4.78, 5) is 22.5. The minimum absolute atomic E-state index is 0. The Balaban J connectivity index is 0.00000648. The van der Waals surface area contributed by atoms with E-state index in [0.29, 0.717) is 32.5 Å². The number of rotatable bonds is 15. The van der Waals surface area contributed by atoms with Gasteiger partial charge in [-0.15, -0.1) is 0 Å². The van der Waals surface area contributed by atoms with Crippen molar-refractivity contribution in [3.63, 3.8) is 0 Å². The van der Waals surface area contributed by atoms with Gasteiger partial charge < -0.3 is 39.4 Å². The Morgan fingerprint density at radius 2 is 1.75 bits per heavy atom. The Morgan fingerprint density at radius 3 is 2.39 bits per heavy atom. The predicted molar refractivity (Wildman–Crippen MR) is 126 cm³/mol. The number of carbonyl (C=O) groups excluding carboxylic acids is 2. The number of aliphatic hydroxyl groups excluding tert-OH is 3. The van der Waals surface area contributed by atoms with Gasteiger partial charge in [-0.25, -0.2) is 4.79 Å². The molecule has 202 valence electrons. The van der Waals surface area contributed by atoms with Crippen molar-refractivity contribution in [3.05, 3.63) is 11.6 Å². The second-order valence-electron chi connectivity index (χ2n) is 10.2. The fourth-order valence-electron chi connectivity index (χ4n) is 4.77. The summed E-state index contributed by atoms with van der Waals surface area (Å²) in [6, 6.07) is 0. The number of fused-ring (bicyclic) bond motifs is 1. The number of unbranched alkanes of at least 4 members (excludes halogenated alkanes) is 5. The average molecular weight is 523 g/mol. The summed E-state index contributed by atoms with van der Waals surface area (Å²) in [5.74, 6) is -1.79. The van der Waals surface area contributed by atoms with Crippen molar-refractivity contribution in [1.82, 2.24) is 0 Å². The van der Waals surface area contributed by atoms with E-state index in [2.05, 4.69) is 0 Å². The molecule has 2 saturated heterocycles. The van der Waals surface area contributed by atoms with Crippen LogP contribution in [-0.2, 0) is 23.8 Å². The number of hydrogen-bond acceptors (Lipinski definition) is 9. The van der Waals surface area contributed by atoms with E-state index in [4.69, 9.17) is 14.2 Å². The Bertz CT molecular complexity index is 699. The van der Waals surface area contributed by atoms with Crippen LogP contribution in [0.5, 0.6) is 0 Å². The van der Waals surface area contributed by atoms with Crippen LogP contribution in [0, 0.1) is 11.8 Å². The molecule has 36 heavy (non-hydrogen) atoms. The zero-order valence-corrected chi connectivity index (χ0v) is 24.3. The first-order valence-electron chi connectivity index (χ1n) is 12.9. The summed E-state index contributed by atoms with van der Waals surface area (Å²) in [5, 5.41) is 41.4. The summed E-state index contributed by atoms with van der Waals surface area (Å²) in [5.41, 5.74) is 0.739. The SMILES string of the molecule is C/C(=C\C(=O)OCCCCCCCCC(=O)[O-])C[C@@H]1OC[C@@H]2C[C@H]([C@@H](O)[C@@H](C)[C@H](C)O)O[C@H]2[C@H]1O.[Na+]. The van der Waals surface area contributed by atoms with Crippen molar-refractivity contribution >= 4 is 11.9 Å². The monoisotopic (exact) mass is 522 g/mol. The van der Waals surface area contributed by atoms with Crippen molar-refractivity contribution in [2.75, 3.05) is 13.2 Å². The summed E-state index contributed by atoms with van der Waals surface area (Å²) in [7, 11) is 0. The van der Waals surface area contributed by atoms with Gasteiger partial charge in [-0.3, -0.25) is 0 Å². The van der Waals surface area contributed by atoms with E-state index in [0.717, 1.165) is 37.7 Å². The van der Waals surface area contributed by atoms with Gasteiger partial charge in [-0.05, 0) is 46.0 Å². The number of aliphatic hydroxyl groups is 3. The average Bonchev–Trinajstić information content (AvgIpc) is 3.23. The van der Waals surface area contributed by atoms with Gasteiger partial charge in [0.05, 0.1) is 43.7 Å². The molecule has 2 aliphatic heterocycles. The molecule has 0 amide bonds. The molecular weight excluding hydrogens is 479 g/mol. The maximum atomic E-state index is 12.1. The maximum Gasteiger partial charge on any atom is 1.00 e. The van der Waals surface area contributed by atoms with Crippen molar-refractivity contribution in [3.8, 4) is 0 Å². The molecule has 0 aromatic carbocycles. The summed E-state index contributed by atoms with van der Waals surface area (Å²) < 4.78 is 17.1. The molecule has 0 aliphatic carbocycles. The number of carboxylic acids is 1. The minimum Gasteiger partial charge on any atom is -0.550 e. The third kappa shape index (κ3) is 11.1. The van der Waals surface area contributed by atoms with Crippen LogP contribution in [0.4, 0.5) is 0 Å². The van der Waals surface area contributed by atoms with Crippen LogP contribution >= 0.6 is 0 Å². The van der Waals surface area contributed by atoms with Crippen LogP contribution in [-0.4, -0.2) is 77.1 Å². The largest absolute Gasteiger partial charge is 1.00 e. The van der Waals surface area contributed by atoms with Gasteiger partial charge in [0.15, 0.2) is 0 Å². The van der Waals surface area contributed by atoms with Crippen LogP contribution in [0.2, 0.25) is 0 Å². The second-order valence-corrected chi connectivity index (χ2v) is 10.2. The van der Waals surface area contributed by atoms with Crippen LogP contribution in [0.25, 0.3) is 0 Å². The standard InChI is InChI=1S/C26H44O9.Na/c1-16(13-23(30)33-11-9-7-5-4-6-8-10-22(28)29)12-20-25(32)26-19(15-34-20)14-21(35-26)24(31)17(2)18(3)27;/h13,17-21,24-27,31-32H,4-12,14-15H2,1-3H3,(H,28,29);/q;+1/p-1/b16-13+;/t17-,18-,19-,20-,21+,24-,25-,26+;/m0./s1. The molecule has 0 aromatic rings. The van der Waals surface area contributed by atoms with E-state index >= 15 is 0 Å². The number of carboxylic acid groups (broad SMARTS) is 1. The van der Waals surface area contributed by atoms with Gasteiger partial charge in [0, 0.05) is 23.9 Å². The number of ether oxygens (including phenoxy) is 3. The molecule has 10 heteroatoms. The van der Waals surface area contributed by atoms with Crippen LogP contribution < -0.4 is 34.7 Å².